The summed E-state index contributed by atoms with van der Waals surface area (Å²) in [6.45, 7) is 4.47. The number of nitrogens with zero attached hydrogens (tertiary/aromatic N) is 2. The van der Waals surface area contributed by atoms with Gasteiger partial charge in [-0.05, 0) is 18.9 Å². The number of thiophene rings is 1. The number of aryl methyl sites for hydroxylation is 1. The summed E-state index contributed by atoms with van der Waals surface area (Å²) in [5, 5.41) is 5.49. The van der Waals surface area contributed by atoms with Gasteiger partial charge in [0.25, 0.3) is 0 Å². The molecule has 1 aliphatic rings. The smallest absolute Gasteiger partial charge is 0.146 e. The molecule has 6 heteroatoms. The fourth-order valence-corrected chi connectivity index (χ4v) is 6.59. The molecule has 2 aromatic heterocycles. The second-order valence-corrected chi connectivity index (χ2v) is 8.79. The molecule has 21 heavy (non-hydrogen) atoms. The first-order valence-corrected chi connectivity index (χ1v) is 10.4. The van der Waals surface area contributed by atoms with Gasteiger partial charge in [-0.1, -0.05) is 13.8 Å². The van der Waals surface area contributed by atoms with Crippen LogP contribution in [0.25, 0.3) is 10.2 Å². The topological polar surface area (TPSA) is 37.8 Å². The number of anilines is 1. The average Bonchev–Trinajstić information content (AvgIpc) is 2.97. The van der Waals surface area contributed by atoms with Crippen molar-refractivity contribution < 1.29 is 0 Å². The first kappa shape index (κ1) is 15.4. The predicted octanol–water partition coefficient (Wildman–Crippen LogP) is 4.60. The van der Waals surface area contributed by atoms with E-state index in [1.165, 1.54) is 28.2 Å². The largest absolute Gasteiger partial charge is 0.372 e. The van der Waals surface area contributed by atoms with Crippen LogP contribution in [0.15, 0.2) is 6.07 Å². The number of nitrogens with one attached hydrogen (secondary N) is 1. The van der Waals surface area contributed by atoms with Crippen LogP contribution >= 0.6 is 34.9 Å². The van der Waals surface area contributed by atoms with E-state index in [0.717, 1.165) is 22.9 Å². The summed E-state index contributed by atoms with van der Waals surface area (Å²) in [5.74, 6) is 4.45. The van der Waals surface area contributed by atoms with Gasteiger partial charge in [0.05, 0.1) is 10.6 Å². The molecule has 3 heterocycles. The zero-order valence-corrected chi connectivity index (χ0v) is 15.1. The summed E-state index contributed by atoms with van der Waals surface area (Å²) in [6.07, 6.45) is 2.24. The van der Waals surface area contributed by atoms with Gasteiger partial charge in [-0.2, -0.15) is 11.8 Å². The van der Waals surface area contributed by atoms with Crippen molar-refractivity contribution in [1.82, 2.24) is 9.97 Å². The van der Waals surface area contributed by atoms with E-state index >= 15 is 0 Å². The van der Waals surface area contributed by atoms with Crippen LogP contribution in [0.3, 0.4) is 0 Å². The molecule has 3 nitrogen and oxygen atoms in total. The monoisotopic (exact) mass is 339 g/mol. The Morgan fingerprint density at radius 2 is 2.05 bits per heavy atom. The molecule has 0 saturated carbocycles. The highest BCUT2D eigenvalue weighted by atomic mass is 32.2. The number of hydrogen-bond donors (Lipinski definition) is 1. The van der Waals surface area contributed by atoms with Crippen molar-refractivity contribution in [3.05, 3.63) is 16.8 Å². The Morgan fingerprint density at radius 3 is 2.76 bits per heavy atom. The summed E-state index contributed by atoms with van der Waals surface area (Å²) >= 11 is 5.90. The Morgan fingerprint density at radius 1 is 1.24 bits per heavy atom. The number of rotatable bonds is 4. The molecular weight excluding hydrogens is 318 g/mol. The molecule has 0 radical (unpaired) electrons. The molecule has 114 valence electrons. The van der Waals surface area contributed by atoms with Gasteiger partial charge in [-0.15, -0.1) is 23.1 Å². The highest BCUT2D eigenvalue weighted by molar-refractivity contribution is 8.06. The van der Waals surface area contributed by atoms with E-state index in [2.05, 4.69) is 37.0 Å². The molecule has 1 N–H and O–H groups in total. The molecule has 2 aromatic rings. The molecule has 0 bridgehead atoms. The maximum absolute atomic E-state index is 4.91. The average molecular weight is 340 g/mol. The number of thioether (sulfide) groups is 2. The van der Waals surface area contributed by atoms with E-state index in [4.69, 9.17) is 9.97 Å². The molecule has 0 aliphatic carbocycles. The summed E-state index contributed by atoms with van der Waals surface area (Å²) in [7, 11) is 1.95. The summed E-state index contributed by atoms with van der Waals surface area (Å²) < 4.78 is 0. The summed E-state index contributed by atoms with van der Waals surface area (Å²) in [4.78, 5) is 12.3. The third kappa shape index (κ3) is 3.03. The Bertz CT molecular complexity index is 626. The minimum atomic E-state index is 0.428. The van der Waals surface area contributed by atoms with E-state index in [-0.39, 0.29) is 0 Å². The van der Waals surface area contributed by atoms with Gasteiger partial charge in [0.15, 0.2) is 0 Å². The maximum Gasteiger partial charge on any atom is 0.146 e. The van der Waals surface area contributed by atoms with Crippen molar-refractivity contribution in [2.75, 3.05) is 23.9 Å². The normalized spacial score (nSPS) is 22.6. The van der Waals surface area contributed by atoms with Gasteiger partial charge in [0.2, 0.25) is 0 Å². The molecular formula is C15H21N3S3. The molecule has 1 fully saturated rings. The first-order valence-electron chi connectivity index (χ1n) is 7.48. The van der Waals surface area contributed by atoms with Crippen LogP contribution in [-0.2, 0) is 6.42 Å². The van der Waals surface area contributed by atoms with Gasteiger partial charge in [0, 0.05) is 28.7 Å². The zero-order chi connectivity index (χ0) is 14.8. The van der Waals surface area contributed by atoms with Crippen LogP contribution in [0.4, 0.5) is 5.82 Å². The molecule has 0 spiro atoms. The van der Waals surface area contributed by atoms with Crippen LogP contribution in [0.5, 0.6) is 0 Å². The minimum absolute atomic E-state index is 0.428. The van der Waals surface area contributed by atoms with Crippen molar-refractivity contribution >= 4 is 50.9 Å². The van der Waals surface area contributed by atoms with Crippen LogP contribution < -0.4 is 5.32 Å². The second kappa shape index (κ2) is 6.75. The van der Waals surface area contributed by atoms with Crippen LogP contribution in [0.1, 0.15) is 36.2 Å². The number of aromatic nitrogens is 2. The van der Waals surface area contributed by atoms with Crippen LogP contribution in [0, 0.1) is 0 Å². The molecule has 2 unspecified atom stereocenters. The molecule has 3 rings (SSSR count). The van der Waals surface area contributed by atoms with E-state index in [1.807, 2.05) is 18.8 Å². The molecule has 0 amide bonds. The lowest BCUT2D eigenvalue weighted by molar-refractivity contribution is 0.755. The Kier molecular flexibility index (Phi) is 4.96. The maximum atomic E-state index is 4.91. The minimum Gasteiger partial charge on any atom is -0.372 e. The molecule has 0 aromatic carbocycles. The second-order valence-electron chi connectivity index (χ2n) is 5.07. The van der Waals surface area contributed by atoms with E-state index < -0.39 is 0 Å². The summed E-state index contributed by atoms with van der Waals surface area (Å²) in [5.41, 5.74) is 0. The lowest BCUT2D eigenvalue weighted by atomic mass is 10.2. The third-order valence-electron chi connectivity index (χ3n) is 3.75. The van der Waals surface area contributed by atoms with Crippen molar-refractivity contribution in [2.24, 2.45) is 0 Å². The predicted molar refractivity (Wildman–Crippen MR) is 98.1 cm³/mol. The zero-order valence-electron chi connectivity index (χ0n) is 12.7. The van der Waals surface area contributed by atoms with Crippen LogP contribution in [0.2, 0.25) is 0 Å². The van der Waals surface area contributed by atoms with Gasteiger partial charge in [0.1, 0.15) is 16.5 Å². The highest BCUT2D eigenvalue weighted by Gasteiger charge is 2.29. The number of fused-ring (bicyclic) bond motifs is 1. The Hall–Kier alpha value is -0.460. The quantitative estimate of drug-likeness (QED) is 0.881. The third-order valence-corrected chi connectivity index (χ3v) is 8.17. The van der Waals surface area contributed by atoms with Crippen molar-refractivity contribution in [3.8, 4) is 0 Å². The Balaban J connectivity index is 2.05. The molecule has 1 saturated heterocycles. The van der Waals surface area contributed by atoms with Gasteiger partial charge in [-0.3, -0.25) is 0 Å². The van der Waals surface area contributed by atoms with Crippen LogP contribution in [-0.4, -0.2) is 33.8 Å². The molecule has 2 atom stereocenters. The standard InChI is InChI=1S/C15H21N3S3/c1-4-9-8-10-13(16-3)17-14(18-15(10)21-9)12-11(5-2)19-6-7-20-12/h8,11-12H,4-7H2,1-3H3,(H,16,17,18). The van der Waals surface area contributed by atoms with E-state index in [1.54, 1.807) is 11.3 Å². The fourth-order valence-electron chi connectivity index (χ4n) is 2.62. The lowest BCUT2D eigenvalue weighted by Crippen LogP contribution is -2.20. The molecule has 1 aliphatic heterocycles. The van der Waals surface area contributed by atoms with Crippen molar-refractivity contribution in [3.63, 3.8) is 0 Å². The fraction of sp³-hybridized carbons (Fsp3) is 0.600. The van der Waals surface area contributed by atoms with E-state index in [9.17, 15) is 0 Å². The highest BCUT2D eigenvalue weighted by Crippen LogP contribution is 2.44. The first-order chi connectivity index (χ1) is 10.3. The number of hydrogen-bond acceptors (Lipinski definition) is 6. The Labute approximate surface area is 138 Å². The van der Waals surface area contributed by atoms with Gasteiger partial charge in [-0.25, -0.2) is 9.97 Å². The van der Waals surface area contributed by atoms with Gasteiger partial charge < -0.3 is 5.32 Å². The summed E-state index contributed by atoms with van der Waals surface area (Å²) in [6, 6.07) is 2.23. The lowest BCUT2D eigenvalue weighted by Gasteiger charge is -2.28. The SMILES string of the molecule is CCc1cc2c(NC)nc(C3SCCSC3CC)nc2s1. The van der Waals surface area contributed by atoms with Crippen molar-refractivity contribution in [1.29, 1.82) is 0 Å². The van der Waals surface area contributed by atoms with Gasteiger partial charge >= 0.3 is 0 Å². The van der Waals surface area contributed by atoms with Crippen molar-refractivity contribution in [2.45, 2.75) is 37.2 Å². The van der Waals surface area contributed by atoms with E-state index in [0.29, 0.717) is 10.5 Å².